The van der Waals surface area contributed by atoms with Gasteiger partial charge in [0.05, 0.1) is 4.88 Å². The van der Waals surface area contributed by atoms with Crippen molar-refractivity contribution in [2.24, 2.45) is 0 Å². The lowest BCUT2D eigenvalue weighted by Gasteiger charge is -2.30. The van der Waals surface area contributed by atoms with Crippen LogP contribution in [0.2, 0.25) is 0 Å². The van der Waals surface area contributed by atoms with E-state index in [1.807, 2.05) is 0 Å². The van der Waals surface area contributed by atoms with E-state index in [0.717, 1.165) is 23.9 Å². The molecule has 5 rings (SSSR count). The van der Waals surface area contributed by atoms with E-state index in [1.165, 1.54) is 31.5 Å². The standard InChI is InChI=1S/C14H18N4OS/c1-10-4-9-20-12(10)13-15-14(16-19-13)18-8-7-17-5-2-11(18)3-6-17/h4,9,11H,2-3,5-8H2,1H3. The van der Waals surface area contributed by atoms with E-state index >= 15 is 0 Å². The van der Waals surface area contributed by atoms with Gasteiger partial charge in [-0.1, -0.05) is 0 Å². The highest BCUT2D eigenvalue weighted by Gasteiger charge is 2.31. The predicted molar refractivity (Wildman–Crippen MR) is 79.2 cm³/mol. The largest absolute Gasteiger partial charge is 0.334 e. The van der Waals surface area contributed by atoms with Crippen molar-refractivity contribution in [2.45, 2.75) is 25.8 Å². The summed E-state index contributed by atoms with van der Waals surface area (Å²) < 4.78 is 5.48. The molecule has 0 amide bonds. The molecule has 106 valence electrons. The third kappa shape index (κ3) is 2.03. The molecule has 3 aliphatic rings. The highest BCUT2D eigenvalue weighted by molar-refractivity contribution is 7.13. The Morgan fingerprint density at radius 2 is 2.10 bits per heavy atom. The molecule has 0 radical (unpaired) electrons. The van der Waals surface area contributed by atoms with E-state index in [9.17, 15) is 0 Å². The van der Waals surface area contributed by atoms with Gasteiger partial charge in [0.15, 0.2) is 0 Å². The Morgan fingerprint density at radius 3 is 2.85 bits per heavy atom. The summed E-state index contributed by atoms with van der Waals surface area (Å²) in [6.07, 6.45) is 2.42. The molecule has 5 heterocycles. The molecular formula is C14H18N4OS. The number of aromatic nitrogens is 2. The first-order valence-corrected chi connectivity index (χ1v) is 8.06. The fourth-order valence-electron chi connectivity index (χ4n) is 3.17. The normalized spacial score (nSPS) is 25.9. The molecule has 2 aromatic heterocycles. The average molecular weight is 290 g/mol. The van der Waals surface area contributed by atoms with Crippen LogP contribution >= 0.6 is 11.3 Å². The van der Waals surface area contributed by atoms with Gasteiger partial charge in [0.25, 0.3) is 11.8 Å². The second-order valence-electron chi connectivity index (χ2n) is 5.60. The zero-order valence-electron chi connectivity index (χ0n) is 11.6. The highest BCUT2D eigenvalue weighted by atomic mass is 32.1. The molecule has 5 nitrogen and oxygen atoms in total. The molecule has 3 fully saturated rings. The predicted octanol–water partition coefficient (Wildman–Crippen LogP) is 2.39. The molecule has 0 unspecified atom stereocenters. The van der Waals surface area contributed by atoms with Gasteiger partial charge >= 0.3 is 0 Å². The summed E-state index contributed by atoms with van der Waals surface area (Å²) in [4.78, 5) is 10.6. The van der Waals surface area contributed by atoms with Gasteiger partial charge in [-0.3, -0.25) is 0 Å². The number of nitrogens with zero attached hydrogens (tertiary/aromatic N) is 4. The molecule has 0 N–H and O–H groups in total. The lowest BCUT2D eigenvalue weighted by atomic mass is 10.1. The van der Waals surface area contributed by atoms with Crippen molar-refractivity contribution < 1.29 is 4.52 Å². The van der Waals surface area contributed by atoms with Crippen LogP contribution < -0.4 is 4.90 Å². The van der Waals surface area contributed by atoms with Gasteiger partial charge in [-0.2, -0.15) is 4.98 Å². The first-order chi connectivity index (χ1) is 9.81. The summed E-state index contributed by atoms with van der Waals surface area (Å²) in [7, 11) is 0. The van der Waals surface area contributed by atoms with Crippen LogP contribution in [0.15, 0.2) is 16.0 Å². The number of aryl methyl sites for hydroxylation is 1. The van der Waals surface area contributed by atoms with Gasteiger partial charge in [0.2, 0.25) is 0 Å². The Morgan fingerprint density at radius 1 is 1.25 bits per heavy atom. The summed E-state index contributed by atoms with van der Waals surface area (Å²) in [5.74, 6) is 1.42. The topological polar surface area (TPSA) is 45.4 Å². The lowest BCUT2D eigenvalue weighted by molar-refractivity contribution is 0.250. The Kier molecular flexibility index (Phi) is 3.00. The van der Waals surface area contributed by atoms with E-state index < -0.39 is 0 Å². The van der Waals surface area contributed by atoms with Gasteiger partial charge in [-0.15, -0.1) is 11.3 Å². The fourth-order valence-corrected chi connectivity index (χ4v) is 4.01. The summed E-state index contributed by atoms with van der Waals surface area (Å²) in [5, 5.41) is 6.29. The zero-order valence-corrected chi connectivity index (χ0v) is 12.4. The summed E-state index contributed by atoms with van der Waals surface area (Å²) in [5.41, 5.74) is 1.20. The molecule has 2 bridgehead atoms. The van der Waals surface area contributed by atoms with Crippen LogP contribution in [-0.2, 0) is 0 Å². The monoisotopic (exact) mass is 290 g/mol. The molecule has 3 aliphatic heterocycles. The maximum Gasteiger partial charge on any atom is 0.269 e. The Balaban J connectivity index is 1.63. The Labute approximate surface area is 122 Å². The minimum absolute atomic E-state index is 0.573. The van der Waals surface area contributed by atoms with Crippen LogP contribution in [0, 0.1) is 6.92 Å². The van der Waals surface area contributed by atoms with Crippen LogP contribution in [0.25, 0.3) is 10.8 Å². The third-order valence-corrected chi connectivity index (χ3v) is 5.39. The summed E-state index contributed by atoms with van der Waals surface area (Å²) in [6, 6.07) is 2.66. The van der Waals surface area contributed by atoms with Gasteiger partial charge in [-0.25, -0.2) is 0 Å². The Bertz CT molecular complexity index is 600. The lowest BCUT2D eigenvalue weighted by Crippen LogP contribution is -2.38. The molecule has 0 aliphatic carbocycles. The van der Waals surface area contributed by atoms with E-state index in [-0.39, 0.29) is 0 Å². The van der Waals surface area contributed by atoms with Gasteiger partial charge in [-0.05, 0) is 41.9 Å². The van der Waals surface area contributed by atoms with Gasteiger partial charge < -0.3 is 14.3 Å². The molecule has 0 spiro atoms. The molecule has 0 aromatic carbocycles. The van der Waals surface area contributed by atoms with E-state index in [0.29, 0.717) is 11.9 Å². The van der Waals surface area contributed by atoms with Crippen molar-refractivity contribution in [3.05, 3.63) is 17.0 Å². The van der Waals surface area contributed by atoms with Crippen molar-refractivity contribution in [2.75, 3.05) is 31.1 Å². The maximum atomic E-state index is 5.48. The highest BCUT2D eigenvalue weighted by Crippen LogP contribution is 2.30. The van der Waals surface area contributed by atoms with Crippen molar-refractivity contribution in [1.82, 2.24) is 15.0 Å². The van der Waals surface area contributed by atoms with E-state index in [2.05, 4.69) is 38.3 Å². The second kappa shape index (κ2) is 4.86. The Hall–Kier alpha value is -1.40. The van der Waals surface area contributed by atoms with Crippen molar-refractivity contribution in [1.29, 1.82) is 0 Å². The third-order valence-electron chi connectivity index (χ3n) is 4.38. The number of fused-ring (bicyclic) bond motifs is 4. The van der Waals surface area contributed by atoms with Crippen molar-refractivity contribution in [3.63, 3.8) is 0 Å². The summed E-state index contributed by atoms with van der Waals surface area (Å²) in [6.45, 7) is 6.60. The van der Waals surface area contributed by atoms with Crippen LogP contribution in [0.3, 0.4) is 0 Å². The van der Waals surface area contributed by atoms with Crippen LogP contribution in [0.4, 0.5) is 5.95 Å². The number of thiophene rings is 1. The number of hydrogen-bond donors (Lipinski definition) is 0. The van der Waals surface area contributed by atoms with Crippen LogP contribution in [0.5, 0.6) is 0 Å². The SMILES string of the molecule is Cc1ccsc1-c1nc(N2CCN3CCC2CC3)no1. The van der Waals surface area contributed by atoms with E-state index in [1.54, 1.807) is 11.3 Å². The molecular weight excluding hydrogens is 272 g/mol. The van der Waals surface area contributed by atoms with Gasteiger partial charge in [0.1, 0.15) is 0 Å². The summed E-state index contributed by atoms with van der Waals surface area (Å²) >= 11 is 1.66. The molecule has 0 atom stereocenters. The average Bonchev–Trinajstić information content (AvgIpc) is 3.00. The molecule has 20 heavy (non-hydrogen) atoms. The van der Waals surface area contributed by atoms with Crippen molar-refractivity contribution >= 4 is 17.3 Å². The smallest absolute Gasteiger partial charge is 0.269 e. The minimum atomic E-state index is 0.573. The number of hydrogen-bond acceptors (Lipinski definition) is 6. The number of rotatable bonds is 2. The molecule has 6 heteroatoms. The zero-order chi connectivity index (χ0) is 13.5. The first kappa shape index (κ1) is 12.3. The fraction of sp³-hybridized carbons (Fsp3) is 0.571. The van der Waals surface area contributed by atoms with Crippen LogP contribution in [0.1, 0.15) is 18.4 Å². The number of anilines is 1. The molecule has 3 saturated heterocycles. The van der Waals surface area contributed by atoms with Crippen LogP contribution in [-0.4, -0.2) is 47.3 Å². The molecule has 2 aromatic rings. The van der Waals surface area contributed by atoms with Crippen molar-refractivity contribution in [3.8, 4) is 10.8 Å². The minimum Gasteiger partial charge on any atom is -0.334 e. The quantitative estimate of drug-likeness (QED) is 0.850. The second-order valence-corrected chi connectivity index (χ2v) is 6.51. The first-order valence-electron chi connectivity index (χ1n) is 7.18. The number of piperidine rings is 1. The van der Waals surface area contributed by atoms with Gasteiger partial charge in [0, 0.05) is 32.2 Å². The van der Waals surface area contributed by atoms with E-state index in [4.69, 9.17) is 4.52 Å². The maximum absolute atomic E-state index is 5.48. The molecule has 0 saturated carbocycles.